The van der Waals surface area contributed by atoms with Gasteiger partial charge in [0, 0.05) is 17.7 Å². The van der Waals surface area contributed by atoms with Crippen molar-refractivity contribution in [2.45, 2.75) is 13.0 Å². The van der Waals surface area contributed by atoms with Gasteiger partial charge in [0.2, 0.25) is 0 Å². The number of amides is 2. The topological polar surface area (TPSA) is 128 Å². The molecule has 0 aromatic heterocycles. The number of para-hydroxylation sites is 1. The Morgan fingerprint density at radius 2 is 1.89 bits per heavy atom. The van der Waals surface area contributed by atoms with Gasteiger partial charge in [-0.25, -0.2) is 4.39 Å². The zero-order chi connectivity index (χ0) is 20.7. The molecule has 0 aliphatic carbocycles. The van der Waals surface area contributed by atoms with E-state index in [0.717, 1.165) is 12.1 Å². The number of nitro groups is 1. The second-order valence-corrected chi connectivity index (χ2v) is 5.59. The smallest absolute Gasteiger partial charge is 0.326 e. The number of nitro benzene ring substituents is 1. The SMILES string of the molecule is C[C@@H](OC(=O)CNC(=O)c1cccc([N+](=O)[O-])c1)C(=O)Nc1ccccc1F. The normalized spacial score (nSPS) is 11.2. The first-order valence-corrected chi connectivity index (χ1v) is 8.05. The number of carbonyl (C=O) groups is 3. The van der Waals surface area contributed by atoms with Crippen LogP contribution in [0.3, 0.4) is 0 Å². The molecular formula is C18H16FN3O6. The van der Waals surface area contributed by atoms with Crippen molar-refractivity contribution in [2.24, 2.45) is 0 Å². The molecule has 0 aliphatic rings. The van der Waals surface area contributed by atoms with Crippen molar-refractivity contribution in [3.8, 4) is 0 Å². The van der Waals surface area contributed by atoms with E-state index in [1.54, 1.807) is 0 Å². The van der Waals surface area contributed by atoms with E-state index < -0.39 is 41.2 Å². The predicted octanol–water partition coefficient (Wildman–Crippen LogP) is 2.03. The van der Waals surface area contributed by atoms with Crippen molar-refractivity contribution in [1.82, 2.24) is 5.32 Å². The third kappa shape index (κ3) is 5.59. The maximum atomic E-state index is 13.5. The number of ether oxygens (including phenoxy) is 1. The summed E-state index contributed by atoms with van der Waals surface area (Å²) in [6.45, 7) is 0.731. The molecule has 10 heteroatoms. The Balaban J connectivity index is 1.85. The fraction of sp³-hybridized carbons (Fsp3) is 0.167. The Morgan fingerprint density at radius 3 is 2.57 bits per heavy atom. The van der Waals surface area contributed by atoms with Crippen LogP contribution in [0.15, 0.2) is 48.5 Å². The number of anilines is 1. The van der Waals surface area contributed by atoms with Crippen LogP contribution in [0.5, 0.6) is 0 Å². The minimum Gasteiger partial charge on any atom is -0.451 e. The Hall–Kier alpha value is -3.82. The number of esters is 1. The molecule has 1 atom stereocenters. The van der Waals surface area contributed by atoms with Crippen LogP contribution in [-0.2, 0) is 14.3 Å². The van der Waals surface area contributed by atoms with Gasteiger partial charge in [0.25, 0.3) is 17.5 Å². The second kappa shape index (κ2) is 9.21. The van der Waals surface area contributed by atoms with Crippen LogP contribution >= 0.6 is 0 Å². The van der Waals surface area contributed by atoms with Crippen LogP contribution in [-0.4, -0.2) is 35.4 Å². The Kier molecular flexibility index (Phi) is 6.74. The van der Waals surface area contributed by atoms with Gasteiger partial charge in [0.05, 0.1) is 10.6 Å². The first-order chi connectivity index (χ1) is 13.3. The third-order valence-electron chi connectivity index (χ3n) is 3.52. The summed E-state index contributed by atoms with van der Waals surface area (Å²) < 4.78 is 18.4. The number of hydrogen-bond acceptors (Lipinski definition) is 6. The van der Waals surface area contributed by atoms with Crippen molar-refractivity contribution in [3.63, 3.8) is 0 Å². The average molecular weight is 389 g/mol. The highest BCUT2D eigenvalue weighted by Gasteiger charge is 2.20. The Bertz CT molecular complexity index is 918. The maximum Gasteiger partial charge on any atom is 0.326 e. The monoisotopic (exact) mass is 389 g/mol. The first-order valence-electron chi connectivity index (χ1n) is 8.05. The molecule has 28 heavy (non-hydrogen) atoms. The molecule has 0 radical (unpaired) electrons. The molecule has 0 saturated carbocycles. The van der Waals surface area contributed by atoms with Crippen molar-refractivity contribution >= 4 is 29.2 Å². The Morgan fingerprint density at radius 1 is 1.18 bits per heavy atom. The average Bonchev–Trinajstić information content (AvgIpc) is 2.67. The summed E-state index contributed by atoms with van der Waals surface area (Å²) in [4.78, 5) is 45.8. The van der Waals surface area contributed by atoms with Gasteiger partial charge in [0.15, 0.2) is 6.10 Å². The number of hydrogen-bond donors (Lipinski definition) is 2. The van der Waals surface area contributed by atoms with E-state index in [2.05, 4.69) is 10.6 Å². The minimum atomic E-state index is -1.23. The molecule has 0 spiro atoms. The summed E-state index contributed by atoms with van der Waals surface area (Å²) in [5, 5.41) is 15.2. The number of non-ortho nitro benzene ring substituents is 1. The van der Waals surface area contributed by atoms with Crippen molar-refractivity contribution in [3.05, 3.63) is 70.0 Å². The van der Waals surface area contributed by atoms with Gasteiger partial charge in [-0.3, -0.25) is 24.5 Å². The molecule has 0 saturated heterocycles. The van der Waals surface area contributed by atoms with Gasteiger partial charge in [-0.1, -0.05) is 18.2 Å². The Labute approximate surface area is 158 Å². The highest BCUT2D eigenvalue weighted by atomic mass is 19.1. The number of rotatable bonds is 7. The molecule has 2 aromatic carbocycles. The fourth-order valence-electron chi connectivity index (χ4n) is 2.10. The van der Waals surface area contributed by atoms with Gasteiger partial charge in [-0.05, 0) is 25.1 Å². The number of carbonyl (C=O) groups excluding carboxylic acids is 3. The first kappa shape index (κ1) is 20.5. The van der Waals surface area contributed by atoms with E-state index in [4.69, 9.17) is 4.74 Å². The lowest BCUT2D eigenvalue weighted by molar-refractivity contribution is -0.384. The molecule has 9 nitrogen and oxygen atoms in total. The van der Waals surface area contributed by atoms with Crippen molar-refractivity contribution < 1.29 is 28.4 Å². The summed E-state index contributed by atoms with van der Waals surface area (Å²) in [7, 11) is 0. The second-order valence-electron chi connectivity index (χ2n) is 5.59. The van der Waals surface area contributed by atoms with Gasteiger partial charge in [0.1, 0.15) is 12.4 Å². The summed E-state index contributed by atoms with van der Waals surface area (Å²) in [6.07, 6.45) is -1.23. The molecule has 0 unspecified atom stereocenters. The molecule has 146 valence electrons. The third-order valence-corrected chi connectivity index (χ3v) is 3.52. The lowest BCUT2D eigenvalue weighted by Gasteiger charge is -2.14. The van der Waals surface area contributed by atoms with Crippen molar-refractivity contribution in [2.75, 3.05) is 11.9 Å². The summed E-state index contributed by atoms with van der Waals surface area (Å²) >= 11 is 0. The van der Waals surface area contributed by atoms with Crippen LogP contribution in [0.2, 0.25) is 0 Å². The van der Waals surface area contributed by atoms with E-state index >= 15 is 0 Å². The molecule has 0 bridgehead atoms. The van der Waals surface area contributed by atoms with Gasteiger partial charge >= 0.3 is 5.97 Å². The molecule has 0 heterocycles. The van der Waals surface area contributed by atoms with Gasteiger partial charge in [-0.2, -0.15) is 0 Å². The summed E-state index contributed by atoms with van der Waals surface area (Å²) in [5.74, 6) is -3.01. The van der Waals surface area contributed by atoms with Crippen LogP contribution < -0.4 is 10.6 Å². The van der Waals surface area contributed by atoms with E-state index in [9.17, 15) is 28.9 Å². The number of halogens is 1. The van der Waals surface area contributed by atoms with Crippen LogP contribution in [0.4, 0.5) is 15.8 Å². The largest absolute Gasteiger partial charge is 0.451 e. The number of nitrogens with one attached hydrogen (secondary N) is 2. The number of nitrogens with zero attached hydrogens (tertiary/aromatic N) is 1. The summed E-state index contributed by atoms with van der Waals surface area (Å²) in [5.41, 5.74) is -0.338. The van der Waals surface area contributed by atoms with E-state index in [1.807, 2.05) is 0 Å². The molecule has 0 fully saturated rings. The van der Waals surface area contributed by atoms with Crippen LogP contribution in [0.1, 0.15) is 17.3 Å². The molecule has 2 aromatic rings. The molecule has 0 aliphatic heterocycles. The van der Waals surface area contributed by atoms with E-state index in [-0.39, 0.29) is 16.9 Å². The molecular weight excluding hydrogens is 373 g/mol. The van der Waals surface area contributed by atoms with E-state index in [1.165, 1.54) is 43.3 Å². The number of benzene rings is 2. The predicted molar refractivity (Wildman–Crippen MR) is 96.0 cm³/mol. The molecule has 2 rings (SSSR count). The van der Waals surface area contributed by atoms with E-state index in [0.29, 0.717) is 0 Å². The minimum absolute atomic E-state index is 0.00709. The zero-order valence-corrected chi connectivity index (χ0v) is 14.7. The highest BCUT2D eigenvalue weighted by molar-refractivity contribution is 5.97. The maximum absolute atomic E-state index is 13.5. The van der Waals surface area contributed by atoms with Crippen LogP contribution in [0.25, 0.3) is 0 Å². The van der Waals surface area contributed by atoms with Gasteiger partial charge < -0.3 is 15.4 Å². The summed E-state index contributed by atoms with van der Waals surface area (Å²) in [6, 6.07) is 10.5. The van der Waals surface area contributed by atoms with Crippen LogP contribution in [0, 0.1) is 15.9 Å². The van der Waals surface area contributed by atoms with Gasteiger partial charge in [-0.15, -0.1) is 0 Å². The highest BCUT2D eigenvalue weighted by Crippen LogP contribution is 2.14. The lowest BCUT2D eigenvalue weighted by Crippen LogP contribution is -2.36. The quantitative estimate of drug-likeness (QED) is 0.424. The van der Waals surface area contributed by atoms with Crippen molar-refractivity contribution in [1.29, 1.82) is 0 Å². The molecule has 2 amide bonds. The molecule has 2 N–H and O–H groups in total. The fourth-order valence-corrected chi connectivity index (χ4v) is 2.10. The lowest BCUT2D eigenvalue weighted by atomic mass is 10.2. The standard InChI is InChI=1S/C18H16FN3O6/c1-11(17(24)21-15-8-3-2-7-14(15)19)28-16(23)10-20-18(25)12-5-4-6-13(9-12)22(26)27/h2-9,11H,10H2,1H3,(H,20,25)(H,21,24)/t11-/m1/s1. The zero-order valence-electron chi connectivity index (χ0n) is 14.7.